The lowest BCUT2D eigenvalue weighted by atomic mass is 9.94. The topological polar surface area (TPSA) is 67.8 Å². The molecule has 0 spiro atoms. The number of amides is 1. The minimum Gasteiger partial charge on any atom is -0.437 e. The maximum Gasteiger partial charge on any atom is 0.254 e. The van der Waals surface area contributed by atoms with Crippen LogP contribution >= 0.6 is 0 Å². The molecule has 176 valence electrons. The van der Waals surface area contributed by atoms with E-state index < -0.39 is 0 Å². The van der Waals surface area contributed by atoms with Gasteiger partial charge in [-0.15, -0.1) is 0 Å². The zero-order chi connectivity index (χ0) is 23.3. The summed E-state index contributed by atoms with van der Waals surface area (Å²) in [5.41, 5.74) is 3.80. The molecule has 2 saturated heterocycles. The van der Waals surface area contributed by atoms with Gasteiger partial charge in [-0.1, -0.05) is 24.3 Å². The number of ether oxygens (including phenoxy) is 2. The maximum atomic E-state index is 13.6. The summed E-state index contributed by atoms with van der Waals surface area (Å²) in [6.45, 7) is 6.58. The maximum absolute atomic E-state index is 13.6. The number of morpholine rings is 1. The molecule has 2 aliphatic rings. The van der Waals surface area contributed by atoms with E-state index >= 15 is 0 Å². The van der Waals surface area contributed by atoms with Gasteiger partial charge in [-0.05, 0) is 49.6 Å². The third kappa shape index (κ3) is 4.89. The monoisotopic (exact) mass is 458 g/mol. The standard InChI is InChI=1S/C27H30N4O3/c1-20-23(10-5-11-25(20)30-13-15-33-16-14-30)27(32)31-12-6-7-21(19-31)24-17-28-18-26(29-24)34-22-8-3-2-4-9-22/h2-5,8-11,17-18,21H,6-7,12-16,19H2,1H3/t21-/m0/s1. The second-order valence-electron chi connectivity index (χ2n) is 8.84. The first-order valence-corrected chi connectivity index (χ1v) is 12.0. The van der Waals surface area contributed by atoms with Crippen molar-refractivity contribution in [3.63, 3.8) is 0 Å². The molecule has 2 fully saturated rings. The minimum absolute atomic E-state index is 0.0851. The molecule has 1 aromatic heterocycles. The molecule has 1 amide bonds. The van der Waals surface area contributed by atoms with Crippen LogP contribution in [0.15, 0.2) is 60.9 Å². The van der Waals surface area contributed by atoms with Crippen LogP contribution < -0.4 is 9.64 Å². The van der Waals surface area contributed by atoms with E-state index in [9.17, 15) is 4.79 Å². The van der Waals surface area contributed by atoms with Crippen LogP contribution in [-0.4, -0.2) is 60.2 Å². The Hall–Kier alpha value is -3.45. The van der Waals surface area contributed by atoms with E-state index in [4.69, 9.17) is 14.5 Å². The molecule has 0 N–H and O–H groups in total. The van der Waals surface area contributed by atoms with Crippen molar-refractivity contribution in [2.45, 2.75) is 25.7 Å². The van der Waals surface area contributed by atoms with Crippen LogP contribution in [0, 0.1) is 6.92 Å². The number of benzene rings is 2. The Morgan fingerprint density at radius 3 is 2.68 bits per heavy atom. The van der Waals surface area contributed by atoms with Gasteiger partial charge in [-0.25, -0.2) is 4.98 Å². The van der Waals surface area contributed by atoms with Crippen LogP contribution in [0.2, 0.25) is 0 Å². The van der Waals surface area contributed by atoms with Crippen molar-refractivity contribution in [1.29, 1.82) is 0 Å². The van der Waals surface area contributed by atoms with E-state index in [1.807, 2.05) is 47.4 Å². The molecule has 2 aromatic carbocycles. The highest BCUT2D eigenvalue weighted by molar-refractivity contribution is 5.97. The number of anilines is 1. The van der Waals surface area contributed by atoms with Crippen molar-refractivity contribution in [1.82, 2.24) is 14.9 Å². The molecule has 5 rings (SSSR count). The lowest BCUT2D eigenvalue weighted by molar-refractivity contribution is 0.0705. The van der Waals surface area contributed by atoms with Crippen molar-refractivity contribution >= 4 is 11.6 Å². The Morgan fingerprint density at radius 2 is 1.85 bits per heavy atom. The second-order valence-corrected chi connectivity index (χ2v) is 8.84. The van der Waals surface area contributed by atoms with Gasteiger partial charge in [0.05, 0.1) is 25.1 Å². The number of hydrogen-bond acceptors (Lipinski definition) is 6. The molecule has 0 radical (unpaired) electrons. The first-order valence-electron chi connectivity index (χ1n) is 12.0. The van der Waals surface area contributed by atoms with Crippen LogP contribution in [-0.2, 0) is 4.74 Å². The van der Waals surface area contributed by atoms with Gasteiger partial charge in [0, 0.05) is 49.5 Å². The lowest BCUT2D eigenvalue weighted by Crippen LogP contribution is -2.40. The second kappa shape index (κ2) is 10.2. The molecule has 0 bridgehead atoms. The Morgan fingerprint density at radius 1 is 1.03 bits per heavy atom. The summed E-state index contributed by atoms with van der Waals surface area (Å²) in [4.78, 5) is 26.9. The van der Waals surface area contributed by atoms with Gasteiger partial charge < -0.3 is 19.3 Å². The number of likely N-dealkylation sites (tertiary alicyclic amines) is 1. The molecule has 1 atom stereocenters. The summed E-state index contributed by atoms with van der Waals surface area (Å²) in [7, 11) is 0. The van der Waals surface area contributed by atoms with Crippen molar-refractivity contribution in [2.75, 3.05) is 44.3 Å². The number of para-hydroxylation sites is 1. The zero-order valence-corrected chi connectivity index (χ0v) is 19.5. The minimum atomic E-state index is 0.0851. The van der Waals surface area contributed by atoms with E-state index in [1.165, 1.54) is 0 Å². The Bertz CT molecular complexity index is 1130. The molecule has 2 aliphatic heterocycles. The summed E-state index contributed by atoms with van der Waals surface area (Å²) < 4.78 is 11.4. The number of carbonyl (C=O) groups is 1. The Labute approximate surface area is 200 Å². The average Bonchev–Trinajstić information content (AvgIpc) is 2.90. The fourth-order valence-corrected chi connectivity index (χ4v) is 4.79. The van der Waals surface area contributed by atoms with Gasteiger partial charge in [0.1, 0.15) is 5.75 Å². The molecular formula is C27H30N4O3. The summed E-state index contributed by atoms with van der Waals surface area (Å²) in [6, 6.07) is 15.6. The zero-order valence-electron chi connectivity index (χ0n) is 19.5. The van der Waals surface area contributed by atoms with Crippen LogP contribution in [0.25, 0.3) is 0 Å². The highest BCUT2D eigenvalue weighted by atomic mass is 16.5. The van der Waals surface area contributed by atoms with Crippen molar-refractivity contribution in [3.8, 4) is 11.6 Å². The number of carbonyl (C=O) groups excluding carboxylic acids is 1. The normalized spacial score (nSPS) is 18.6. The van der Waals surface area contributed by atoms with E-state index in [-0.39, 0.29) is 11.8 Å². The van der Waals surface area contributed by atoms with Gasteiger partial charge in [0.2, 0.25) is 5.88 Å². The summed E-state index contributed by atoms with van der Waals surface area (Å²) in [6.07, 6.45) is 5.33. The molecule has 3 aromatic rings. The predicted octanol–water partition coefficient (Wildman–Crippen LogP) is 4.43. The van der Waals surface area contributed by atoms with Gasteiger partial charge in [-0.2, -0.15) is 0 Å². The van der Waals surface area contributed by atoms with Crippen LogP contribution in [0.5, 0.6) is 11.6 Å². The van der Waals surface area contributed by atoms with E-state index in [1.54, 1.807) is 12.4 Å². The van der Waals surface area contributed by atoms with Gasteiger partial charge in [-0.3, -0.25) is 9.78 Å². The van der Waals surface area contributed by atoms with Crippen LogP contribution in [0.4, 0.5) is 5.69 Å². The van der Waals surface area contributed by atoms with Crippen molar-refractivity contribution < 1.29 is 14.3 Å². The van der Waals surface area contributed by atoms with Crippen LogP contribution in [0.1, 0.15) is 40.4 Å². The fourth-order valence-electron chi connectivity index (χ4n) is 4.79. The molecule has 7 nitrogen and oxygen atoms in total. The van der Waals surface area contributed by atoms with E-state index in [0.29, 0.717) is 12.4 Å². The van der Waals surface area contributed by atoms with Crippen LogP contribution in [0.3, 0.4) is 0 Å². The molecule has 7 heteroatoms. The smallest absolute Gasteiger partial charge is 0.254 e. The number of nitrogens with zero attached hydrogens (tertiary/aromatic N) is 4. The third-order valence-corrected chi connectivity index (χ3v) is 6.61. The first kappa shape index (κ1) is 22.3. The lowest BCUT2D eigenvalue weighted by Gasteiger charge is -2.34. The molecular weight excluding hydrogens is 428 g/mol. The quantitative estimate of drug-likeness (QED) is 0.563. The highest BCUT2D eigenvalue weighted by Gasteiger charge is 2.28. The summed E-state index contributed by atoms with van der Waals surface area (Å²) in [5, 5.41) is 0. The largest absolute Gasteiger partial charge is 0.437 e. The van der Waals surface area contributed by atoms with Crippen molar-refractivity contribution in [2.24, 2.45) is 0 Å². The van der Waals surface area contributed by atoms with E-state index in [0.717, 1.165) is 73.9 Å². The van der Waals surface area contributed by atoms with Crippen molar-refractivity contribution in [3.05, 3.63) is 77.7 Å². The van der Waals surface area contributed by atoms with Gasteiger partial charge in [0.25, 0.3) is 5.91 Å². The third-order valence-electron chi connectivity index (χ3n) is 6.61. The van der Waals surface area contributed by atoms with E-state index in [2.05, 4.69) is 22.9 Å². The summed E-state index contributed by atoms with van der Waals surface area (Å²) >= 11 is 0. The Balaban J connectivity index is 1.31. The summed E-state index contributed by atoms with van der Waals surface area (Å²) in [5.74, 6) is 1.42. The Kier molecular flexibility index (Phi) is 6.72. The number of aromatic nitrogens is 2. The molecule has 0 aliphatic carbocycles. The number of hydrogen-bond donors (Lipinski definition) is 0. The highest BCUT2D eigenvalue weighted by Crippen LogP contribution is 2.30. The number of piperidine rings is 1. The molecule has 34 heavy (non-hydrogen) atoms. The first-order chi connectivity index (χ1) is 16.7. The fraction of sp³-hybridized carbons (Fsp3) is 0.370. The average molecular weight is 459 g/mol. The van der Waals surface area contributed by atoms with Gasteiger partial charge in [0.15, 0.2) is 0 Å². The molecule has 0 unspecified atom stereocenters. The molecule has 0 saturated carbocycles. The predicted molar refractivity (Wildman–Crippen MR) is 131 cm³/mol. The van der Waals surface area contributed by atoms with Gasteiger partial charge >= 0.3 is 0 Å². The SMILES string of the molecule is Cc1c(C(=O)N2CCC[C@H](c3cncc(Oc4ccccc4)n3)C2)cccc1N1CCOCC1. The molecule has 3 heterocycles. The number of rotatable bonds is 5.